The number of methoxy groups -OCH3 is 1. The third kappa shape index (κ3) is 4.12. The summed E-state index contributed by atoms with van der Waals surface area (Å²) in [6.07, 6.45) is -5.03. The van der Waals surface area contributed by atoms with Gasteiger partial charge in [-0.25, -0.2) is 0 Å². The third-order valence-corrected chi connectivity index (χ3v) is 2.19. The Balaban J connectivity index is 3.05. The van der Waals surface area contributed by atoms with Gasteiger partial charge in [-0.1, -0.05) is 0 Å². The maximum atomic E-state index is 12.2. The number of carbonyl (C=O) groups is 2. The van der Waals surface area contributed by atoms with E-state index in [1.165, 1.54) is 25.3 Å². The van der Waals surface area contributed by atoms with Crippen LogP contribution in [0.1, 0.15) is 0 Å². The largest absolute Gasteiger partial charge is 0.497 e. The monoisotopic (exact) mass is 291 g/mol. The van der Waals surface area contributed by atoms with Crippen molar-refractivity contribution in [3.63, 3.8) is 0 Å². The molecular weight excluding hydrogens is 279 g/mol. The van der Waals surface area contributed by atoms with Crippen LogP contribution < -0.4 is 21.1 Å². The number of benzene rings is 1. The van der Waals surface area contributed by atoms with E-state index < -0.39 is 18.0 Å². The highest BCUT2D eigenvalue weighted by atomic mass is 19.4. The first-order valence-electron chi connectivity index (χ1n) is 5.34. The number of alkyl halides is 3. The molecule has 0 radical (unpaired) electrons. The molecule has 0 atom stereocenters. The molecule has 0 unspecified atom stereocenters. The van der Waals surface area contributed by atoms with E-state index in [0.717, 1.165) is 0 Å². The number of hydrogen-bond acceptors (Lipinski definition) is 4. The lowest BCUT2D eigenvalue weighted by molar-refractivity contribution is -0.167. The SMILES string of the molecule is COc1ccc(NC(=O)C(F)(F)F)c(NC(=O)CN)c1. The van der Waals surface area contributed by atoms with Crippen LogP contribution in [-0.2, 0) is 9.59 Å². The molecule has 0 aliphatic heterocycles. The predicted molar refractivity (Wildman–Crippen MR) is 65.4 cm³/mol. The van der Waals surface area contributed by atoms with Crippen LogP contribution in [0.3, 0.4) is 0 Å². The van der Waals surface area contributed by atoms with Crippen LogP contribution in [0.15, 0.2) is 18.2 Å². The Morgan fingerprint density at radius 2 is 1.90 bits per heavy atom. The molecule has 0 heterocycles. The van der Waals surface area contributed by atoms with Crippen molar-refractivity contribution in [3.8, 4) is 5.75 Å². The molecule has 110 valence electrons. The summed E-state index contributed by atoms with van der Waals surface area (Å²) < 4.78 is 41.5. The van der Waals surface area contributed by atoms with Gasteiger partial charge in [-0.05, 0) is 12.1 Å². The fourth-order valence-corrected chi connectivity index (χ4v) is 1.26. The smallest absolute Gasteiger partial charge is 0.471 e. The van der Waals surface area contributed by atoms with Gasteiger partial charge in [-0.15, -0.1) is 0 Å². The van der Waals surface area contributed by atoms with E-state index in [4.69, 9.17) is 10.5 Å². The molecule has 0 aliphatic rings. The molecule has 0 aliphatic carbocycles. The zero-order valence-corrected chi connectivity index (χ0v) is 10.4. The van der Waals surface area contributed by atoms with Gasteiger partial charge in [-0.2, -0.15) is 13.2 Å². The van der Waals surface area contributed by atoms with Gasteiger partial charge in [0.25, 0.3) is 0 Å². The maximum Gasteiger partial charge on any atom is 0.471 e. The molecule has 0 bridgehead atoms. The summed E-state index contributed by atoms with van der Waals surface area (Å²) in [4.78, 5) is 22.1. The second-order valence-electron chi connectivity index (χ2n) is 3.62. The van der Waals surface area contributed by atoms with Gasteiger partial charge in [0.15, 0.2) is 0 Å². The first-order valence-corrected chi connectivity index (χ1v) is 5.34. The van der Waals surface area contributed by atoms with Crippen LogP contribution in [0.25, 0.3) is 0 Å². The van der Waals surface area contributed by atoms with Gasteiger partial charge in [0.1, 0.15) is 5.75 Å². The lowest BCUT2D eigenvalue weighted by Gasteiger charge is -2.14. The minimum absolute atomic E-state index is 0.0441. The van der Waals surface area contributed by atoms with Gasteiger partial charge in [-0.3, -0.25) is 9.59 Å². The van der Waals surface area contributed by atoms with Gasteiger partial charge in [0.05, 0.1) is 25.0 Å². The molecule has 4 N–H and O–H groups in total. The van der Waals surface area contributed by atoms with E-state index in [1.54, 1.807) is 5.32 Å². The summed E-state index contributed by atoms with van der Waals surface area (Å²) in [5.41, 5.74) is 4.84. The Bertz CT molecular complexity index is 517. The fraction of sp³-hybridized carbons (Fsp3) is 0.273. The van der Waals surface area contributed by atoms with Gasteiger partial charge in [0.2, 0.25) is 5.91 Å². The Labute approximate surface area is 112 Å². The quantitative estimate of drug-likeness (QED) is 0.774. The summed E-state index contributed by atoms with van der Waals surface area (Å²) in [6, 6.07) is 3.78. The van der Waals surface area contributed by atoms with Crippen molar-refractivity contribution in [2.45, 2.75) is 6.18 Å². The van der Waals surface area contributed by atoms with Crippen molar-refractivity contribution in [2.75, 3.05) is 24.3 Å². The summed E-state index contributed by atoms with van der Waals surface area (Å²) in [5, 5.41) is 3.92. The van der Waals surface area contributed by atoms with E-state index >= 15 is 0 Å². The highest BCUT2D eigenvalue weighted by molar-refractivity contribution is 6.01. The number of hydrogen-bond donors (Lipinski definition) is 3. The third-order valence-electron chi connectivity index (χ3n) is 2.19. The number of amides is 2. The van der Waals surface area contributed by atoms with E-state index in [2.05, 4.69) is 5.32 Å². The predicted octanol–water partition coefficient (Wildman–Crippen LogP) is 1.09. The molecule has 0 spiro atoms. The van der Waals surface area contributed by atoms with E-state index in [1.807, 2.05) is 0 Å². The highest BCUT2D eigenvalue weighted by Gasteiger charge is 2.39. The lowest BCUT2D eigenvalue weighted by Crippen LogP contribution is -2.30. The first kappa shape index (κ1) is 15.8. The minimum atomic E-state index is -5.03. The lowest BCUT2D eigenvalue weighted by atomic mass is 10.2. The summed E-state index contributed by atoms with van der Waals surface area (Å²) in [7, 11) is 1.35. The average Bonchev–Trinajstić information content (AvgIpc) is 2.39. The molecule has 1 aromatic rings. The van der Waals surface area contributed by atoms with Crippen molar-refractivity contribution < 1.29 is 27.5 Å². The molecule has 1 aromatic carbocycles. The number of anilines is 2. The van der Waals surface area contributed by atoms with E-state index in [0.29, 0.717) is 5.75 Å². The number of halogens is 3. The zero-order valence-electron chi connectivity index (χ0n) is 10.4. The second kappa shape index (κ2) is 6.24. The Morgan fingerprint density at radius 3 is 2.40 bits per heavy atom. The normalized spacial score (nSPS) is 10.8. The number of carbonyl (C=O) groups excluding carboxylic acids is 2. The molecule has 1 rings (SSSR count). The maximum absolute atomic E-state index is 12.2. The van der Waals surface area contributed by atoms with E-state index in [-0.39, 0.29) is 17.9 Å². The van der Waals surface area contributed by atoms with Gasteiger partial charge >= 0.3 is 12.1 Å². The van der Waals surface area contributed by atoms with Crippen LogP contribution in [0.5, 0.6) is 5.75 Å². The van der Waals surface area contributed by atoms with E-state index in [9.17, 15) is 22.8 Å². The molecule has 20 heavy (non-hydrogen) atoms. The Kier molecular flexibility index (Phi) is 4.92. The fourth-order valence-electron chi connectivity index (χ4n) is 1.26. The summed E-state index contributed by atoms with van der Waals surface area (Å²) >= 11 is 0. The summed E-state index contributed by atoms with van der Waals surface area (Å²) in [6.45, 7) is -0.357. The Morgan fingerprint density at radius 1 is 1.25 bits per heavy atom. The van der Waals surface area contributed by atoms with Crippen LogP contribution in [0.2, 0.25) is 0 Å². The molecule has 0 aromatic heterocycles. The van der Waals surface area contributed by atoms with Crippen molar-refractivity contribution in [1.29, 1.82) is 0 Å². The van der Waals surface area contributed by atoms with Crippen LogP contribution in [0, 0.1) is 0 Å². The van der Waals surface area contributed by atoms with Crippen molar-refractivity contribution >= 4 is 23.2 Å². The molecule has 2 amide bonds. The molecule has 0 fully saturated rings. The van der Waals surface area contributed by atoms with Gasteiger partial charge < -0.3 is 21.1 Å². The van der Waals surface area contributed by atoms with Crippen LogP contribution >= 0.6 is 0 Å². The standard InChI is InChI=1S/C11H12F3N3O3/c1-20-6-2-3-7(17-10(19)11(12,13)14)8(4-6)16-9(18)5-15/h2-4H,5,15H2,1H3,(H,16,18)(H,17,19). The van der Waals surface area contributed by atoms with Crippen LogP contribution in [0.4, 0.5) is 24.5 Å². The topological polar surface area (TPSA) is 93.5 Å². The molecule has 0 saturated heterocycles. The van der Waals surface area contributed by atoms with Crippen molar-refractivity contribution in [1.82, 2.24) is 0 Å². The number of ether oxygens (including phenoxy) is 1. The number of nitrogens with two attached hydrogens (primary N) is 1. The summed E-state index contributed by atoms with van der Waals surface area (Å²) in [5.74, 6) is -2.48. The van der Waals surface area contributed by atoms with Crippen LogP contribution in [-0.4, -0.2) is 31.6 Å². The highest BCUT2D eigenvalue weighted by Crippen LogP contribution is 2.28. The minimum Gasteiger partial charge on any atom is -0.497 e. The van der Waals surface area contributed by atoms with Crippen molar-refractivity contribution in [2.24, 2.45) is 5.73 Å². The molecule has 6 nitrogen and oxygen atoms in total. The molecule has 9 heteroatoms. The Hall–Kier alpha value is -2.29. The second-order valence-corrected chi connectivity index (χ2v) is 3.62. The first-order chi connectivity index (χ1) is 9.27. The molecular formula is C11H12F3N3O3. The molecule has 0 saturated carbocycles. The number of rotatable bonds is 4. The number of nitrogens with one attached hydrogen (secondary N) is 2. The zero-order chi connectivity index (χ0) is 15.3. The van der Waals surface area contributed by atoms with Crippen molar-refractivity contribution in [3.05, 3.63) is 18.2 Å². The van der Waals surface area contributed by atoms with Gasteiger partial charge in [0, 0.05) is 6.07 Å². The average molecular weight is 291 g/mol.